The van der Waals surface area contributed by atoms with Crippen molar-refractivity contribution in [1.29, 1.82) is 0 Å². The lowest BCUT2D eigenvalue weighted by atomic mass is 9.94. The normalized spacial score (nSPS) is 13.3. The van der Waals surface area contributed by atoms with E-state index < -0.39 is 0 Å². The van der Waals surface area contributed by atoms with E-state index >= 15 is 0 Å². The number of halogens is 1. The molecule has 158 valence electrons. The fraction of sp³-hybridized carbons (Fsp3) is 0.217. The highest BCUT2D eigenvalue weighted by atomic mass is 32.1. The summed E-state index contributed by atoms with van der Waals surface area (Å²) in [5.74, 6) is -0.707. The molecular formula is C23H21FN4O2S. The van der Waals surface area contributed by atoms with Crippen LogP contribution < -0.4 is 5.32 Å². The first-order valence-electron chi connectivity index (χ1n) is 9.87. The number of rotatable bonds is 5. The molecule has 1 aliphatic rings. The van der Waals surface area contributed by atoms with Crippen molar-refractivity contribution in [2.75, 3.05) is 6.54 Å². The smallest absolute Gasteiger partial charge is 0.265 e. The Hall–Kier alpha value is -3.39. The van der Waals surface area contributed by atoms with Crippen LogP contribution in [0.25, 0.3) is 6.08 Å². The second-order valence-electron chi connectivity index (χ2n) is 7.24. The van der Waals surface area contributed by atoms with Gasteiger partial charge in [0.1, 0.15) is 10.7 Å². The minimum absolute atomic E-state index is 0.0261. The molecule has 2 amide bonds. The summed E-state index contributed by atoms with van der Waals surface area (Å²) in [6, 6.07) is 6.29. The molecule has 0 saturated heterocycles. The zero-order valence-corrected chi connectivity index (χ0v) is 17.8. The van der Waals surface area contributed by atoms with Gasteiger partial charge in [0.05, 0.1) is 11.7 Å². The van der Waals surface area contributed by atoms with Gasteiger partial charge in [-0.05, 0) is 42.2 Å². The topological polar surface area (TPSA) is 75.2 Å². The van der Waals surface area contributed by atoms with E-state index in [4.69, 9.17) is 0 Å². The molecule has 0 atom stereocenters. The van der Waals surface area contributed by atoms with E-state index in [9.17, 15) is 14.0 Å². The van der Waals surface area contributed by atoms with Crippen LogP contribution in [-0.4, -0.2) is 33.2 Å². The molecule has 3 aromatic rings. The van der Waals surface area contributed by atoms with Gasteiger partial charge in [-0.1, -0.05) is 18.2 Å². The molecule has 3 heterocycles. The summed E-state index contributed by atoms with van der Waals surface area (Å²) in [5.41, 5.74) is 5.94. The summed E-state index contributed by atoms with van der Waals surface area (Å²) >= 11 is 1.33. The van der Waals surface area contributed by atoms with Crippen LogP contribution in [0.2, 0.25) is 0 Å². The van der Waals surface area contributed by atoms with Crippen LogP contribution in [-0.2, 0) is 24.3 Å². The van der Waals surface area contributed by atoms with Gasteiger partial charge in [-0.15, -0.1) is 11.3 Å². The van der Waals surface area contributed by atoms with Gasteiger partial charge in [-0.3, -0.25) is 19.6 Å². The molecule has 0 bridgehead atoms. The number of hydrogen-bond acceptors (Lipinski definition) is 5. The van der Waals surface area contributed by atoms with Crippen LogP contribution in [0.4, 0.5) is 4.39 Å². The number of amides is 2. The summed E-state index contributed by atoms with van der Waals surface area (Å²) in [6.45, 7) is 3.31. The minimum atomic E-state index is -0.374. The van der Waals surface area contributed by atoms with Gasteiger partial charge in [0.15, 0.2) is 0 Å². The van der Waals surface area contributed by atoms with Crippen molar-refractivity contribution in [3.8, 4) is 0 Å². The lowest BCUT2D eigenvalue weighted by Crippen LogP contribution is -2.36. The zero-order valence-electron chi connectivity index (χ0n) is 17.0. The number of benzene rings is 1. The number of hydrogen-bond donors (Lipinski definition) is 1. The lowest BCUT2D eigenvalue weighted by molar-refractivity contribution is -0.116. The average Bonchev–Trinajstić information content (AvgIpc) is 3.32. The Morgan fingerprint density at radius 2 is 2.13 bits per heavy atom. The van der Waals surface area contributed by atoms with Crippen molar-refractivity contribution in [2.24, 2.45) is 0 Å². The maximum Gasteiger partial charge on any atom is 0.265 e. The number of aryl methyl sites for hydroxylation is 1. The van der Waals surface area contributed by atoms with Gasteiger partial charge in [0.2, 0.25) is 5.91 Å². The van der Waals surface area contributed by atoms with Crippen LogP contribution >= 0.6 is 11.3 Å². The third-order valence-corrected chi connectivity index (χ3v) is 6.05. The Balaban J connectivity index is 1.44. The van der Waals surface area contributed by atoms with Gasteiger partial charge < -0.3 is 10.2 Å². The Morgan fingerprint density at radius 3 is 2.90 bits per heavy atom. The van der Waals surface area contributed by atoms with Crippen molar-refractivity contribution < 1.29 is 14.0 Å². The van der Waals surface area contributed by atoms with E-state index in [1.807, 2.05) is 6.92 Å². The summed E-state index contributed by atoms with van der Waals surface area (Å²) in [4.78, 5) is 35.8. The summed E-state index contributed by atoms with van der Waals surface area (Å²) in [5, 5.41) is 2.86. The van der Waals surface area contributed by atoms with E-state index in [0.29, 0.717) is 36.5 Å². The Bertz CT molecular complexity index is 1140. The van der Waals surface area contributed by atoms with Crippen molar-refractivity contribution in [1.82, 2.24) is 20.2 Å². The molecule has 0 spiro atoms. The maximum absolute atomic E-state index is 13.7. The van der Waals surface area contributed by atoms with E-state index in [1.54, 1.807) is 41.0 Å². The molecular weight excluding hydrogens is 415 g/mol. The predicted octanol–water partition coefficient (Wildman–Crippen LogP) is 3.51. The largest absolute Gasteiger partial charge is 0.348 e. The molecule has 0 radical (unpaired) electrons. The molecule has 4 rings (SSSR count). The molecule has 31 heavy (non-hydrogen) atoms. The highest BCUT2D eigenvalue weighted by Crippen LogP contribution is 2.25. The quantitative estimate of drug-likeness (QED) is 0.621. The number of fused-ring (bicyclic) bond motifs is 1. The number of carbonyl (C=O) groups is 2. The number of pyridine rings is 1. The molecule has 0 unspecified atom stereocenters. The van der Waals surface area contributed by atoms with Gasteiger partial charge in [0.25, 0.3) is 5.91 Å². The number of nitrogens with zero attached hydrogens (tertiary/aromatic N) is 3. The summed E-state index contributed by atoms with van der Waals surface area (Å²) < 4.78 is 13.7. The minimum Gasteiger partial charge on any atom is -0.348 e. The van der Waals surface area contributed by atoms with Crippen LogP contribution in [0, 0.1) is 12.7 Å². The van der Waals surface area contributed by atoms with E-state index in [-0.39, 0.29) is 17.6 Å². The van der Waals surface area contributed by atoms with Crippen molar-refractivity contribution in [2.45, 2.75) is 26.4 Å². The van der Waals surface area contributed by atoms with Crippen molar-refractivity contribution in [3.63, 3.8) is 0 Å². The first-order valence-corrected chi connectivity index (χ1v) is 10.8. The van der Waals surface area contributed by atoms with Gasteiger partial charge in [0, 0.05) is 43.2 Å². The van der Waals surface area contributed by atoms with Crippen molar-refractivity contribution in [3.05, 3.63) is 86.9 Å². The third kappa shape index (κ3) is 4.69. The molecule has 1 N–H and O–H groups in total. The molecule has 8 heteroatoms. The molecule has 0 aliphatic carbocycles. The number of nitrogens with one attached hydrogen (secondary N) is 1. The molecule has 0 fully saturated rings. The SMILES string of the molecule is Cc1ncc2c(c1CNC(=O)C=Cc1ccccc1F)CCN(C(=O)c1cncs1)C2. The third-order valence-electron chi connectivity index (χ3n) is 5.28. The number of aromatic nitrogens is 2. The second-order valence-corrected chi connectivity index (χ2v) is 8.13. The first kappa shape index (κ1) is 20.9. The molecule has 1 aliphatic heterocycles. The van der Waals surface area contributed by atoms with Crippen LogP contribution in [0.3, 0.4) is 0 Å². The van der Waals surface area contributed by atoms with Crippen LogP contribution in [0.15, 0.2) is 48.2 Å². The van der Waals surface area contributed by atoms with Crippen LogP contribution in [0.5, 0.6) is 0 Å². The number of thiazole rings is 1. The van der Waals surface area contributed by atoms with E-state index in [1.165, 1.54) is 29.6 Å². The Kier molecular flexibility index (Phi) is 6.18. The highest BCUT2D eigenvalue weighted by Gasteiger charge is 2.25. The maximum atomic E-state index is 13.7. The molecule has 2 aromatic heterocycles. The average molecular weight is 437 g/mol. The summed E-state index contributed by atoms with van der Waals surface area (Å²) in [7, 11) is 0. The molecule has 6 nitrogen and oxygen atoms in total. The Labute approximate surface area is 183 Å². The fourth-order valence-corrected chi connectivity index (χ4v) is 4.20. The zero-order chi connectivity index (χ0) is 21.8. The van der Waals surface area contributed by atoms with Gasteiger partial charge >= 0.3 is 0 Å². The van der Waals surface area contributed by atoms with Crippen molar-refractivity contribution >= 4 is 29.2 Å². The monoisotopic (exact) mass is 436 g/mol. The standard InChI is InChI=1S/C23H21FN4O2S/c1-15-19(11-27-22(29)7-6-16-4-2-3-5-20(16)24)18-8-9-28(13-17(18)10-26-15)23(30)21-12-25-14-31-21/h2-7,10,12,14H,8-9,11,13H2,1H3,(H,27,29). The van der Waals surface area contributed by atoms with E-state index in [2.05, 4.69) is 15.3 Å². The van der Waals surface area contributed by atoms with Crippen LogP contribution in [0.1, 0.15) is 37.6 Å². The predicted molar refractivity (Wildman–Crippen MR) is 117 cm³/mol. The molecule has 1 aromatic carbocycles. The first-order chi connectivity index (χ1) is 15.0. The second kappa shape index (κ2) is 9.18. The summed E-state index contributed by atoms with van der Waals surface area (Å²) in [6.07, 6.45) is 6.87. The molecule has 0 saturated carbocycles. The lowest BCUT2D eigenvalue weighted by Gasteiger charge is -2.30. The van der Waals surface area contributed by atoms with Gasteiger partial charge in [-0.25, -0.2) is 4.39 Å². The number of carbonyl (C=O) groups excluding carboxylic acids is 2. The highest BCUT2D eigenvalue weighted by molar-refractivity contribution is 7.11. The van der Waals surface area contributed by atoms with Gasteiger partial charge in [-0.2, -0.15) is 0 Å². The fourth-order valence-electron chi connectivity index (χ4n) is 3.62. The van der Waals surface area contributed by atoms with E-state index in [0.717, 1.165) is 22.4 Å². The Morgan fingerprint density at radius 1 is 1.29 bits per heavy atom.